The van der Waals surface area contributed by atoms with Crippen molar-refractivity contribution < 1.29 is 29.0 Å². The number of aliphatic hydroxyl groups is 1. The predicted octanol–water partition coefficient (Wildman–Crippen LogP) is 3.62. The number of amides is 2. The van der Waals surface area contributed by atoms with E-state index >= 15 is 0 Å². The second kappa shape index (κ2) is 12.1. The number of hydrogen-bond acceptors (Lipinski definition) is 6. The molecule has 3 heterocycles. The molecule has 0 radical (unpaired) electrons. The summed E-state index contributed by atoms with van der Waals surface area (Å²) in [4.78, 5) is 45.4. The number of unbranched alkanes of at least 4 members (excludes halogenated alkanes) is 1. The molecule has 0 aromatic carbocycles. The summed E-state index contributed by atoms with van der Waals surface area (Å²) in [5, 5.41) is 10.2. The van der Waals surface area contributed by atoms with Gasteiger partial charge >= 0.3 is 5.97 Å². The molecule has 8 nitrogen and oxygen atoms in total. The molecule has 1 N–H and O–H groups in total. The Kier molecular flexibility index (Phi) is 9.62. The molecule has 8 heteroatoms. The number of ether oxygens (including phenoxy) is 2. The highest BCUT2D eigenvalue weighted by atomic mass is 16.6. The molecular formula is C29H46N2O6. The maximum atomic E-state index is 14.4. The molecule has 0 saturated carbocycles. The van der Waals surface area contributed by atoms with Crippen molar-refractivity contribution in [3.63, 3.8) is 0 Å². The number of nitrogens with zero attached hydrogens (tertiary/aromatic N) is 2. The van der Waals surface area contributed by atoms with Crippen molar-refractivity contribution in [3.05, 3.63) is 25.3 Å². The summed E-state index contributed by atoms with van der Waals surface area (Å²) in [6.45, 7) is 15.8. The lowest BCUT2D eigenvalue weighted by atomic mass is 9.65. The zero-order valence-electron chi connectivity index (χ0n) is 23.1. The highest BCUT2D eigenvalue weighted by molar-refractivity contribution is 5.98. The van der Waals surface area contributed by atoms with Crippen molar-refractivity contribution >= 4 is 17.8 Å². The highest BCUT2D eigenvalue weighted by Gasteiger charge is 2.79. The molecule has 3 fully saturated rings. The molecule has 2 bridgehead atoms. The first-order valence-electron chi connectivity index (χ1n) is 14.1. The van der Waals surface area contributed by atoms with Gasteiger partial charge in [-0.15, -0.1) is 13.2 Å². The number of carbonyl (C=O) groups is 3. The molecule has 0 aromatic heterocycles. The van der Waals surface area contributed by atoms with Crippen LogP contribution in [0, 0.1) is 11.8 Å². The average molecular weight is 519 g/mol. The van der Waals surface area contributed by atoms with E-state index in [-0.39, 0.29) is 31.1 Å². The Labute approximate surface area is 222 Å². The largest absolute Gasteiger partial charge is 0.465 e. The number of esters is 1. The topological polar surface area (TPSA) is 96.4 Å². The van der Waals surface area contributed by atoms with Gasteiger partial charge in [0.2, 0.25) is 11.8 Å². The van der Waals surface area contributed by atoms with Gasteiger partial charge in [-0.2, -0.15) is 0 Å². The molecule has 0 aromatic rings. The Bertz CT molecular complexity index is 872. The molecule has 3 rings (SSSR count). The first kappa shape index (κ1) is 29.4. The summed E-state index contributed by atoms with van der Waals surface area (Å²) >= 11 is 0. The summed E-state index contributed by atoms with van der Waals surface area (Å²) in [7, 11) is 0. The van der Waals surface area contributed by atoms with Crippen LogP contribution >= 0.6 is 0 Å². The van der Waals surface area contributed by atoms with Crippen molar-refractivity contribution in [1.82, 2.24) is 9.80 Å². The van der Waals surface area contributed by atoms with Gasteiger partial charge in [-0.3, -0.25) is 14.4 Å². The molecule has 3 saturated heterocycles. The smallest absolute Gasteiger partial charge is 0.312 e. The van der Waals surface area contributed by atoms with Crippen molar-refractivity contribution in [2.24, 2.45) is 11.8 Å². The van der Waals surface area contributed by atoms with Crippen molar-refractivity contribution in [3.8, 4) is 0 Å². The van der Waals surface area contributed by atoms with E-state index in [1.165, 1.54) is 0 Å². The fraction of sp³-hybridized carbons (Fsp3) is 0.759. The Hall–Kier alpha value is -2.19. The predicted molar refractivity (Wildman–Crippen MR) is 142 cm³/mol. The second-order valence-corrected chi connectivity index (χ2v) is 10.8. The molecule has 37 heavy (non-hydrogen) atoms. The molecular weight excluding hydrogens is 472 g/mol. The van der Waals surface area contributed by atoms with Gasteiger partial charge in [-0.05, 0) is 51.9 Å². The van der Waals surface area contributed by atoms with Crippen LogP contribution < -0.4 is 0 Å². The molecule has 3 unspecified atom stereocenters. The van der Waals surface area contributed by atoms with Crippen LogP contribution in [-0.2, 0) is 23.9 Å². The van der Waals surface area contributed by atoms with Gasteiger partial charge in [-0.25, -0.2) is 0 Å². The minimum Gasteiger partial charge on any atom is -0.465 e. The molecule has 0 aliphatic carbocycles. The fourth-order valence-electron chi connectivity index (χ4n) is 6.95. The van der Waals surface area contributed by atoms with E-state index < -0.39 is 41.1 Å². The van der Waals surface area contributed by atoms with E-state index in [9.17, 15) is 19.5 Å². The van der Waals surface area contributed by atoms with Crippen LogP contribution in [0.5, 0.6) is 0 Å². The number of carbonyl (C=O) groups excluding carboxylic acids is 3. The van der Waals surface area contributed by atoms with Crippen LogP contribution in [0.2, 0.25) is 0 Å². The highest BCUT2D eigenvalue weighted by Crippen LogP contribution is 2.65. The molecule has 1 spiro atoms. The van der Waals surface area contributed by atoms with Crippen LogP contribution in [0.25, 0.3) is 0 Å². The van der Waals surface area contributed by atoms with Crippen LogP contribution in [0.3, 0.4) is 0 Å². The van der Waals surface area contributed by atoms with Crippen LogP contribution in [-0.4, -0.2) is 81.8 Å². The zero-order chi connectivity index (χ0) is 27.4. The van der Waals surface area contributed by atoms with Crippen molar-refractivity contribution in [2.75, 3.05) is 19.8 Å². The van der Waals surface area contributed by atoms with Crippen LogP contribution in [0.4, 0.5) is 0 Å². The third-order valence-electron chi connectivity index (χ3n) is 8.83. The maximum absolute atomic E-state index is 14.4. The number of likely N-dealkylation sites (tertiary alicyclic amines) is 1. The normalized spacial score (nSPS) is 31.6. The Balaban J connectivity index is 2.07. The number of rotatable bonds is 15. The fourth-order valence-corrected chi connectivity index (χ4v) is 6.95. The quantitative estimate of drug-likeness (QED) is 0.202. The summed E-state index contributed by atoms with van der Waals surface area (Å²) < 4.78 is 12.5. The third kappa shape index (κ3) is 4.87. The van der Waals surface area contributed by atoms with Gasteiger partial charge in [0.15, 0.2) is 0 Å². The standard InChI is InChI=1S/C29H46N2O6/c1-7-12-13-18-36-27(35)23-22-25(33)31(21(10-4)19-32)24(29(22)16-15-28(23,11-5)37-29)26(34)30(17-9-3)20(6)14-8-2/h7,9,20-24,32H,1,3,8,10-19H2,2,4-6H3/t20?,21-,22-,23-,24?,28+,29?/m0/s1. The summed E-state index contributed by atoms with van der Waals surface area (Å²) in [6.07, 6.45) is 8.71. The molecule has 208 valence electrons. The third-order valence-corrected chi connectivity index (χ3v) is 8.83. The monoisotopic (exact) mass is 518 g/mol. The van der Waals surface area contributed by atoms with E-state index in [1.54, 1.807) is 22.0 Å². The van der Waals surface area contributed by atoms with Crippen molar-refractivity contribution in [1.29, 1.82) is 0 Å². The van der Waals surface area contributed by atoms with Crippen LogP contribution in [0.15, 0.2) is 25.3 Å². The summed E-state index contributed by atoms with van der Waals surface area (Å²) in [5.74, 6) is -2.51. The first-order chi connectivity index (χ1) is 17.7. The number of allylic oxidation sites excluding steroid dienone is 1. The first-order valence-corrected chi connectivity index (χ1v) is 14.1. The van der Waals surface area contributed by atoms with Gasteiger partial charge in [0.25, 0.3) is 0 Å². The second-order valence-electron chi connectivity index (χ2n) is 10.8. The Morgan fingerprint density at radius 3 is 2.57 bits per heavy atom. The van der Waals surface area contributed by atoms with Gasteiger partial charge in [0.05, 0.1) is 30.8 Å². The lowest BCUT2D eigenvalue weighted by Gasteiger charge is -2.41. The van der Waals surface area contributed by atoms with Crippen LogP contribution in [0.1, 0.15) is 79.1 Å². The minimum atomic E-state index is -1.12. The maximum Gasteiger partial charge on any atom is 0.312 e. The number of fused-ring (bicyclic) bond motifs is 1. The average Bonchev–Trinajstić information content (AvgIpc) is 3.49. The van der Waals surface area contributed by atoms with E-state index in [0.717, 1.165) is 19.3 Å². The van der Waals surface area contributed by atoms with Gasteiger partial charge in [0, 0.05) is 12.6 Å². The van der Waals surface area contributed by atoms with E-state index in [4.69, 9.17) is 9.47 Å². The Morgan fingerprint density at radius 2 is 2.00 bits per heavy atom. The summed E-state index contributed by atoms with van der Waals surface area (Å²) in [6, 6.07) is -1.51. The minimum absolute atomic E-state index is 0.0542. The molecule has 7 atom stereocenters. The zero-order valence-corrected chi connectivity index (χ0v) is 23.1. The van der Waals surface area contributed by atoms with Gasteiger partial charge < -0.3 is 24.4 Å². The molecule has 2 amide bonds. The number of hydrogen-bond donors (Lipinski definition) is 1. The van der Waals surface area contributed by atoms with E-state index in [1.807, 2.05) is 20.8 Å². The SMILES string of the molecule is C=CCCCOC(=O)[C@@H]1[C@H]2C(=O)N([C@@H](CC)CO)C(C(=O)N(CC=C)C(C)CCC)C23CC[C@@]1(CC)O3. The van der Waals surface area contributed by atoms with E-state index in [2.05, 4.69) is 20.1 Å². The lowest BCUT2D eigenvalue weighted by molar-refractivity contribution is -0.164. The number of aliphatic hydroxyl groups excluding tert-OH is 1. The lowest BCUT2D eigenvalue weighted by Crippen LogP contribution is -2.60. The van der Waals surface area contributed by atoms with Crippen molar-refractivity contribution in [2.45, 2.75) is 108 Å². The molecule has 3 aliphatic rings. The Morgan fingerprint density at radius 1 is 1.27 bits per heavy atom. The van der Waals surface area contributed by atoms with E-state index in [0.29, 0.717) is 38.6 Å². The molecule has 3 aliphatic heterocycles. The van der Waals surface area contributed by atoms with Gasteiger partial charge in [-0.1, -0.05) is 39.3 Å². The van der Waals surface area contributed by atoms with Gasteiger partial charge in [0.1, 0.15) is 17.6 Å². The summed E-state index contributed by atoms with van der Waals surface area (Å²) in [5.41, 5.74) is -1.96.